The smallest absolute Gasteiger partial charge is 0.244 e. The van der Waals surface area contributed by atoms with Gasteiger partial charge in [0.1, 0.15) is 18.2 Å². The van der Waals surface area contributed by atoms with E-state index in [1.54, 1.807) is 17.9 Å². The van der Waals surface area contributed by atoms with Crippen LogP contribution in [0.3, 0.4) is 0 Å². The van der Waals surface area contributed by atoms with Crippen molar-refractivity contribution >= 4 is 22.8 Å². The maximum Gasteiger partial charge on any atom is 0.244 e. The van der Waals surface area contributed by atoms with Crippen molar-refractivity contribution in [2.75, 3.05) is 5.32 Å². The number of aromatic nitrogens is 4. The molecular formula is C14H14N6O. The number of primary amides is 1. The summed E-state index contributed by atoms with van der Waals surface area (Å²) in [4.78, 5) is 20.1. The zero-order chi connectivity index (χ0) is 14.8. The average Bonchev–Trinajstić information content (AvgIpc) is 2.88. The van der Waals surface area contributed by atoms with Gasteiger partial charge in [-0.05, 0) is 5.56 Å². The van der Waals surface area contributed by atoms with Crippen LogP contribution in [-0.2, 0) is 11.8 Å². The van der Waals surface area contributed by atoms with Crippen molar-refractivity contribution in [1.82, 2.24) is 19.7 Å². The molecule has 0 bridgehead atoms. The largest absolute Gasteiger partial charge is 0.368 e. The first-order valence-electron chi connectivity index (χ1n) is 6.40. The van der Waals surface area contributed by atoms with E-state index in [1.165, 1.54) is 6.33 Å². The molecule has 0 saturated carbocycles. The topological polar surface area (TPSA) is 98.7 Å². The number of benzene rings is 1. The van der Waals surface area contributed by atoms with Gasteiger partial charge in [0.05, 0.1) is 11.6 Å². The Morgan fingerprint density at radius 3 is 2.76 bits per heavy atom. The van der Waals surface area contributed by atoms with Gasteiger partial charge in [0.2, 0.25) is 5.91 Å². The third-order valence-electron chi connectivity index (χ3n) is 3.23. The van der Waals surface area contributed by atoms with Crippen molar-refractivity contribution in [3.63, 3.8) is 0 Å². The molecule has 0 saturated heterocycles. The Morgan fingerprint density at radius 2 is 2.05 bits per heavy atom. The molecule has 0 unspecified atom stereocenters. The van der Waals surface area contributed by atoms with Crippen LogP contribution in [0.15, 0.2) is 42.9 Å². The Balaban J connectivity index is 2.01. The number of nitrogens with two attached hydrogens (primary N) is 1. The van der Waals surface area contributed by atoms with Crippen molar-refractivity contribution in [1.29, 1.82) is 0 Å². The highest BCUT2D eigenvalue weighted by Crippen LogP contribution is 2.23. The molecule has 0 aliphatic carbocycles. The van der Waals surface area contributed by atoms with E-state index in [-0.39, 0.29) is 0 Å². The van der Waals surface area contributed by atoms with Crippen LogP contribution in [0.2, 0.25) is 0 Å². The fraction of sp³-hybridized carbons (Fsp3) is 0.143. The monoisotopic (exact) mass is 282 g/mol. The number of aryl methyl sites for hydroxylation is 1. The van der Waals surface area contributed by atoms with Gasteiger partial charge in [-0.25, -0.2) is 9.97 Å². The molecule has 3 N–H and O–H groups in total. The van der Waals surface area contributed by atoms with Gasteiger partial charge in [-0.3, -0.25) is 9.48 Å². The van der Waals surface area contributed by atoms with E-state index in [4.69, 9.17) is 5.73 Å². The quantitative estimate of drug-likeness (QED) is 0.744. The van der Waals surface area contributed by atoms with Crippen LogP contribution >= 0.6 is 0 Å². The number of nitrogens with zero attached hydrogens (tertiary/aromatic N) is 4. The number of anilines is 1. The summed E-state index contributed by atoms with van der Waals surface area (Å²) < 4.78 is 1.64. The number of carbonyl (C=O) groups excluding carboxylic acids is 1. The Morgan fingerprint density at radius 1 is 1.29 bits per heavy atom. The highest BCUT2D eigenvalue weighted by molar-refractivity contribution is 5.90. The lowest BCUT2D eigenvalue weighted by Crippen LogP contribution is -2.28. The van der Waals surface area contributed by atoms with Crippen molar-refractivity contribution in [3.05, 3.63) is 48.4 Å². The van der Waals surface area contributed by atoms with E-state index >= 15 is 0 Å². The summed E-state index contributed by atoms with van der Waals surface area (Å²) in [5.74, 6) is 0.0533. The zero-order valence-electron chi connectivity index (χ0n) is 11.4. The summed E-state index contributed by atoms with van der Waals surface area (Å²) >= 11 is 0. The first kappa shape index (κ1) is 13.0. The zero-order valence-corrected chi connectivity index (χ0v) is 11.4. The fourth-order valence-corrected chi connectivity index (χ4v) is 2.18. The van der Waals surface area contributed by atoms with Gasteiger partial charge in [0.25, 0.3) is 0 Å². The van der Waals surface area contributed by atoms with Gasteiger partial charge in [0.15, 0.2) is 5.65 Å². The second-order valence-electron chi connectivity index (χ2n) is 4.62. The van der Waals surface area contributed by atoms with Crippen molar-refractivity contribution < 1.29 is 4.79 Å². The second-order valence-corrected chi connectivity index (χ2v) is 4.62. The minimum Gasteiger partial charge on any atom is -0.368 e. The maximum absolute atomic E-state index is 11.7. The SMILES string of the molecule is Cn1ncc2c(N[C@H](C(N)=O)c3ccccc3)ncnc21. The van der Waals surface area contributed by atoms with Gasteiger partial charge in [-0.15, -0.1) is 0 Å². The highest BCUT2D eigenvalue weighted by Gasteiger charge is 2.19. The summed E-state index contributed by atoms with van der Waals surface area (Å²) in [5, 5.41) is 7.95. The standard InChI is InChI=1S/C14H14N6O/c1-20-14-10(7-18-20)13(16-8-17-14)19-11(12(15)21)9-5-3-2-4-6-9/h2-8,11H,1H3,(H2,15,21)(H,16,17,19)/t11-/m0/s1. The van der Waals surface area contributed by atoms with Gasteiger partial charge in [-0.2, -0.15) is 5.10 Å². The van der Waals surface area contributed by atoms with Crippen LogP contribution in [0, 0.1) is 0 Å². The molecule has 21 heavy (non-hydrogen) atoms. The minimum atomic E-state index is -0.662. The molecule has 3 aromatic rings. The Hall–Kier alpha value is -2.96. The molecule has 1 aromatic carbocycles. The van der Waals surface area contributed by atoms with Crippen molar-refractivity contribution in [2.45, 2.75) is 6.04 Å². The van der Waals surface area contributed by atoms with Crippen LogP contribution in [0.4, 0.5) is 5.82 Å². The highest BCUT2D eigenvalue weighted by atomic mass is 16.1. The predicted octanol–water partition coefficient (Wildman–Crippen LogP) is 1.00. The molecule has 0 aliphatic rings. The number of hydrogen-bond donors (Lipinski definition) is 2. The molecule has 0 radical (unpaired) electrons. The lowest BCUT2D eigenvalue weighted by atomic mass is 10.1. The van der Waals surface area contributed by atoms with Crippen molar-refractivity contribution in [3.8, 4) is 0 Å². The Kier molecular flexibility index (Phi) is 3.23. The third-order valence-corrected chi connectivity index (χ3v) is 3.23. The van der Waals surface area contributed by atoms with Crippen LogP contribution < -0.4 is 11.1 Å². The number of hydrogen-bond acceptors (Lipinski definition) is 5. The van der Waals surface area contributed by atoms with Gasteiger partial charge in [-0.1, -0.05) is 30.3 Å². The van der Waals surface area contributed by atoms with Gasteiger partial charge < -0.3 is 11.1 Å². The van der Waals surface area contributed by atoms with Crippen LogP contribution in [-0.4, -0.2) is 25.7 Å². The molecule has 3 rings (SSSR count). The molecule has 0 spiro atoms. The summed E-state index contributed by atoms with van der Waals surface area (Å²) in [7, 11) is 1.79. The van der Waals surface area contributed by atoms with E-state index in [0.29, 0.717) is 11.5 Å². The van der Waals surface area contributed by atoms with Crippen LogP contribution in [0.25, 0.3) is 11.0 Å². The predicted molar refractivity (Wildman–Crippen MR) is 78.3 cm³/mol. The lowest BCUT2D eigenvalue weighted by molar-refractivity contribution is -0.118. The first-order chi connectivity index (χ1) is 10.2. The third kappa shape index (κ3) is 2.40. The first-order valence-corrected chi connectivity index (χ1v) is 6.40. The van der Waals surface area contributed by atoms with E-state index in [0.717, 1.165) is 10.9 Å². The molecule has 2 heterocycles. The molecule has 2 aromatic heterocycles. The molecular weight excluding hydrogens is 268 g/mol. The molecule has 106 valence electrons. The van der Waals surface area contributed by atoms with Gasteiger partial charge >= 0.3 is 0 Å². The van der Waals surface area contributed by atoms with E-state index in [9.17, 15) is 4.79 Å². The van der Waals surface area contributed by atoms with E-state index in [1.807, 2.05) is 30.3 Å². The number of rotatable bonds is 4. The Labute approximate surface area is 120 Å². The van der Waals surface area contributed by atoms with E-state index < -0.39 is 11.9 Å². The number of amides is 1. The maximum atomic E-state index is 11.7. The molecule has 1 atom stereocenters. The Bertz CT molecular complexity index is 783. The second kappa shape index (κ2) is 5.20. The fourth-order valence-electron chi connectivity index (χ4n) is 2.18. The number of fused-ring (bicyclic) bond motifs is 1. The molecule has 7 nitrogen and oxygen atoms in total. The normalized spacial score (nSPS) is 12.2. The number of carbonyl (C=O) groups is 1. The molecule has 1 amide bonds. The number of nitrogens with one attached hydrogen (secondary N) is 1. The lowest BCUT2D eigenvalue weighted by Gasteiger charge is -2.16. The van der Waals surface area contributed by atoms with Crippen molar-refractivity contribution in [2.24, 2.45) is 12.8 Å². The minimum absolute atomic E-state index is 0.475. The van der Waals surface area contributed by atoms with E-state index in [2.05, 4.69) is 20.4 Å². The van der Waals surface area contributed by atoms with Gasteiger partial charge in [0, 0.05) is 7.05 Å². The summed E-state index contributed by atoms with van der Waals surface area (Å²) in [6.07, 6.45) is 3.08. The van der Waals surface area contributed by atoms with Crippen LogP contribution in [0.5, 0.6) is 0 Å². The summed E-state index contributed by atoms with van der Waals surface area (Å²) in [6.45, 7) is 0. The average molecular weight is 282 g/mol. The van der Waals surface area contributed by atoms with Crippen LogP contribution in [0.1, 0.15) is 11.6 Å². The summed E-state index contributed by atoms with van der Waals surface area (Å²) in [5.41, 5.74) is 6.96. The molecule has 0 aliphatic heterocycles. The summed E-state index contributed by atoms with van der Waals surface area (Å²) in [6, 6.07) is 8.60. The molecule has 7 heteroatoms. The molecule has 0 fully saturated rings.